The van der Waals surface area contributed by atoms with Crippen molar-refractivity contribution >= 4 is 11.9 Å². The second-order valence-corrected chi connectivity index (χ2v) is 11.6. The summed E-state index contributed by atoms with van der Waals surface area (Å²) in [5.74, 6) is -1.49. The van der Waals surface area contributed by atoms with Crippen LogP contribution in [0.4, 0.5) is 0 Å². The van der Waals surface area contributed by atoms with E-state index >= 15 is 0 Å². The highest BCUT2D eigenvalue weighted by molar-refractivity contribution is 5.79. The van der Waals surface area contributed by atoms with Crippen LogP contribution < -0.4 is 0 Å². The smallest absolute Gasteiger partial charge is 0.327 e. The van der Waals surface area contributed by atoms with E-state index in [1.807, 2.05) is 0 Å². The summed E-state index contributed by atoms with van der Waals surface area (Å²) in [6.45, 7) is 0. The average Bonchev–Trinajstić information content (AvgIpc) is 2.89. The molecule has 4 nitrogen and oxygen atoms in total. The number of allylic oxidation sites excluding steroid dienone is 1. The molecule has 0 aromatic carbocycles. The van der Waals surface area contributed by atoms with Crippen LogP contribution in [0.3, 0.4) is 0 Å². The lowest BCUT2D eigenvalue weighted by Gasteiger charge is -2.04. The number of hydrogen-bond donors (Lipinski definition) is 2. The monoisotopic (exact) mass is 536 g/mol. The lowest BCUT2D eigenvalue weighted by atomic mass is 10.0. The number of rotatable bonds is 32. The van der Waals surface area contributed by atoms with Gasteiger partial charge in [0.1, 0.15) is 0 Å². The molecule has 38 heavy (non-hydrogen) atoms. The molecular formula is C34H64O4. The molecule has 0 spiro atoms. The van der Waals surface area contributed by atoms with Crippen LogP contribution in [0.5, 0.6) is 0 Å². The van der Waals surface area contributed by atoms with Crippen LogP contribution in [0.2, 0.25) is 0 Å². The van der Waals surface area contributed by atoms with Gasteiger partial charge in [-0.05, 0) is 19.3 Å². The van der Waals surface area contributed by atoms with Crippen molar-refractivity contribution in [2.24, 2.45) is 0 Å². The molecule has 0 rings (SSSR count). The molecule has 0 fully saturated rings. The van der Waals surface area contributed by atoms with Crippen molar-refractivity contribution in [3.63, 3.8) is 0 Å². The van der Waals surface area contributed by atoms with Gasteiger partial charge in [-0.15, -0.1) is 0 Å². The van der Waals surface area contributed by atoms with Crippen molar-refractivity contribution in [3.8, 4) is 0 Å². The molecule has 0 saturated heterocycles. The van der Waals surface area contributed by atoms with Crippen molar-refractivity contribution < 1.29 is 19.8 Å². The maximum absolute atomic E-state index is 10.5. The summed E-state index contributed by atoms with van der Waals surface area (Å²) in [6.07, 6.45) is 41.8. The van der Waals surface area contributed by atoms with Gasteiger partial charge in [-0.25, -0.2) is 4.79 Å². The minimum Gasteiger partial charge on any atom is -0.481 e. The van der Waals surface area contributed by atoms with E-state index < -0.39 is 11.9 Å². The Morgan fingerprint density at radius 3 is 0.842 bits per heavy atom. The molecule has 0 aromatic heterocycles. The number of carboxylic acids is 2. The Morgan fingerprint density at radius 2 is 0.605 bits per heavy atom. The van der Waals surface area contributed by atoms with Crippen LogP contribution in [0.1, 0.15) is 193 Å². The van der Waals surface area contributed by atoms with Crippen molar-refractivity contribution in [2.45, 2.75) is 193 Å². The van der Waals surface area contributed by atoms with Gasteiger partial charge in [0.15, 0.2) is 0 Å². The van der Waals surface area contributed by atoms with E-state index in [0.29, 0.717) is 6.42 Å². The van der Waals surface area contributed by atoms with Gasteiger partial charge in [0, 0.05) is 12.5 Å². The van der Waals surface area contributed by atoms with Gasteiger partial charge >= 0.3 is 11.9 Å². The zero-order valence-corrected chi connectivity index (χ0v) is 25.1. The summed E-state index contributed by atoms with van der Waals surface area (Å²) in [5.41, 5.74) is 0. The Kier molecular flexibility index (Phi) is 30.8. The van der Waals surface area contributed by atoms with Gasteiger partial charge in [0.25, 0.3) is 0 Å². The van der Waals surface area contributed by atoms with Gasteiger partial charge in [0.05, 0.1) is 0 Å². The Hall–Kier alpha value is -1.32. The summed E-state index contributed by atoms with van der Waals surface area (Å²) in [7, 11) is 0. The maximum atomic E-state index is 10.5. The summed E-state index contributed by atoms with van der Waals surface area (Å²) >= 11 is 0. The maximum Gasteiger partial charge on any atom is 0.327 e. The molecule has 0 amide bonds. The predicted octanol–water partition coefficient (Wildman–Crippen LogP) is 11.4. The SMILES string of the molecule is O=C(O)C=CCCCCCCCCCCCCCCCCCCCCCCCCCCCCCCC(=O)O. The fourth-order valence-electron chi connectivity index (χ4n) is 5.32. The summed E-state index contributed by atoms with van der Waals surface area (Å²) < 4.78 is 0. The Balaban J connectivity index is 3.05. The minimum atomic E-state index is -0.836. The highest BCUT2D eigenvalue weighted by atomic mass is 16.4. The second kappa shape index (κ2) is 31.9. The van der Waals surface area contributed by atoms with Gasteiger partial charge in [-0.3, -0.25) is 4.79 Å². The quantitative estimate of drug-likeness (QED) is 0.0662. The molecule has 0 saturated carbocycles. The molecule has 4 heteroatoms. The standard InChI is InChI=1S/C34H64O4/c35-33(36)31-29-27-25-23-21-19-17-15-13-11-9-7-5-3-1-2-4-6-8-10-12-14-16-18-20-22-24-26-28-30-32-34(37)38/h29,31H,1-28,30,32H2,(H,35,36)(H,37,38). The zero-order chi connectivity index (χ0) is 27.8. The summed E-state index contributed by atoms with van der Waals surface area (Å²) in [6, 6.07) is 0. The lowest BCUT2D eigenvalue weighted by molar-refractivity contribution is -0.137. The van der Waals surface area contributed by atoms with E-state index in [1.165, 1.54) is 167 Å². The first-order valence-corrected chi connectivity index (χ1v) is 16.7. The molecule has 0 unspecified atom stereocenters. The number of carbonyl (C=O) groups is 2. The normalized spacial score (nSPS) is 11.5. The average molecular weight is 537 g/mol. The molecule has 2 N–H and O–H groups in total. The summed E-state index contributed by atoms with van der Waals surface area (Å²) in [5, 5.41) is 17.2. The van der Waals surface area contributed by atoms with Crippen LogP contribution in [0.15, 0.2) is 12.2 Å². The van der Waals surface area contributed by atoms with E-state index in [-0.39, 0.29) is 0 Å². The highest BCUT2D eigenvalue weighted by Crippen LogP contribution is 2.16. The second-order valence-electron chi connectivity index (χ2n) is 11.6. The third-order valence-electron chi connectivity index (χ3n) is 7.77. The number of aliphatic carboxylic acids is 2. The van der Waals surface area contributed by atoms with Gasteiger partial charge in [-0.1, -0.05) is 173 Å². The molecule has 0 aliphatic carbocycles. The van der Waals surface area contributed by atoms with E-state index in [1.54, 1.807) is 6.08 Å². The van der Waals surface area contributed by atoms with Crippen LogP contribution in [-0.2, 0) is 9.59 Å². The van der Waals surface area contributed by atoms with Crippen molar-refractivity contribution in [3.05, 3.63) is 12.2 Å². The highest BCUT2D eigenvalue weighted by Gasteiger charge is 1.98. The van der Waals surface area contributed by atoms with Gasteiger partial charge < -0.3 is 10.2 Å². The summed E-state index contributed by atoms with van der Waals surface area (Å²) in [4.78, 5) is 20.8. The largest absolute Gasteiger partial charge is 0.481 e. The molecule has 0 radical (unpaired) electrons. The Morgan fingerprint density at radius 1 is 0.368 bits per heavy atom. The molecule has 0 heterocycles. The van der Waals surface area contributed by atoms with Gasteiger partial charge in [0.2, 0.25) is 0 Å². The number of carboxylic acid groups (broad SMARTS) is 2. The molecule has 0 aliphatic rings. The molecule has 0 bridgehead atoms. The van der Waals surface area contributed by atoms with Gasteiger partial charge in [-0.2, -0.15) is 0 Å². The molecule has 224 valence electrons. The first-order chi connectivity index (χ1) is 18.6. The third kappa shape index (κ3) is 34.7. The molecular weight excluding hydrogens is 472 g/mol. The topological polar surface area (TPSA) is 74.6 Å². The van der Waals surface area contributed by atoms with Crippen molar-refractivity contribution in [1.29, 1.82) is 0 Å². The van der Waals surface area contributed by atoms with E-state index in [0.717, 1.165) is 25.7 Å². The Labute approximate surface area is 236 Å². The van der Waals surface area contributed by atoms with E-state index in [4.69, 9.17) is 10.2 Å². The van der Waals surface area contributed by atoms with Crippen LogP contribution >= 0.6 is 0 Å². The molecule has 0 atom stereocenters. The number of unbranched alkanes of at least 4 members (excludes halogenated alkanes) is 28. The number of hydrogen-bond acceptors (Lipinski definition) is 2. The van der Waals surface area contributed by atoms with E-state index in [9.17, 15) is 9.59 Å². The van der Waals surface area contributed by atoms with E-state index in [2.05, 4.69) is 0 Å². The van der Waals surface area contributed by atoms with Crippen LogP contribution in [0.25, 0.3) is 0 Å². The minimum absolute atomic E-state index is 0.337. The van der Waals surface area contributed by atoms with Crippen molar-refractivity contribution in [1.82, 2.24) is 0 Å². The Bertz CT molecular complexity index is 529. The first-order valence-electron chi connectivity index (χ1n) is 16.7. The molecule has 0 aromatic rings. The fourth-order valence-corrected chi connectivity index (χ4v) is 5.32. The lowest BCUT2D eigenvalue weighted by Crippen LogP contribution is -1.93. The third-order valence-corrected chi connectivity index (χ3v) is 7.77. The predicted molar refractivity (Wildman–Crippen MR) is 163 cm³/mol. The zero-order valence-electron chi connectivity index (χ0n) is 25.1. The molecule has 0 aliphatic heterocycles. The fraction of sp³-hybridized carbons (Fsp3) is 0.882. The van der Waals surface area contributed by atoms with Crippen LogP contribution in [0, 0.1) is 0 Å². The van der Waals surface area contributed by atoms with Crippen LogP contribution in [-0.4, -0.2) is 22.2 Å². The van der Waals surface area contributed by atoms with Crippen molar-refractivity contribution in [2.75, 3.05) is 0 Å². The first kappa shape index (κ1) is 36.7.